The summed E-state index contributed by atoms with van der Waals surface area (Å²) in [4.78, 5) is 2.17. The maximum absolute atomic E-state index is 5.73. The molecule has 1 aromatic carbocycles. The minimum Gasteiger partial charge on any atom is -0.495 e. The second-order valence-corrected chi connectivity index (χ2v) is 3.86. The lowest BCUT2D eigenvalue weighted by atomic mass is 10.2. The van der Waals surface area contributed by atoms with Gasteiger partial charge in [-0.25, -0.2) is 0 Å². The standard InChI is InChI=1S/C12H20N2O/c1-10(13)8-9-14(2)11-6-4-5-7-12(11)15-3/h4-7,10H,8-9,13H2,1-3H3. The lowest BCUT2D eigenvalue weighted by Gasteiger charge is -2.22. The highest BCUT2D eigenvalue weighted by Crippen LogP contribution is 2.26. The van der Waals surface area contributed by atoms with E-state index in [0.29, 0.717) is 0 Å². The smallest absolute Gasteiger partial charge is 0.142 e. The number of hydrogen-bond acceptors (Lipinski definition) is 3. The number of hydrogen-bond donors (Lipinski definition) is 1. The third kappa shape index (κ3) is 3.44. The molecule has 3 nitrogen and oxygen atoms in total. The molecule has 0 spiro atoms. The van der Waals surface area contributed by atoms with Gasteiger partial charge in [0.25, 0.3) is 0 Å². The van der Waals surface area contributed by atoms with Crippen molar-refractivity contribution in [3.05, 3.63) is 24.3 Å². The number of para-hydroxylation sites is 2. The zero-order valence-corrected chi connectivity index (χ0v) is 9.73. The van der Waals surface area contributed by atoms with E-state index >= 15 is 0 Å². The number of anilines is 1. The van der Waals surface area contributed by atoms with Crippen molar-refractivity contribution in [1.82, 2.24) is 0 Å². The van der Waals surface area contributed by atoms with Crippen LogP contribution in [0.4, 0.5) is 5.69 Å². The van der Waals surface area contributed by atoms with Gasteiger partial charge in [0.05, 0.1) is 12.8 Å². The molecule has 0 aliphatic rings. The maximum atomic E-state index is 5.73. The molecule has 0 heterocycles. The van der Waals surface area contributed by atoms with E-state index in [1.165, 1.54) is 0 Å². The van der Waals surface area contributed by atoms with Crippen LogP contribution in [-0.2, 0) is 0 Å². The van der Waals surface area contributed by atoms with Crippen LogP contribution in [0, 0.1) is 0 Å². The molecule has 0 saturated carbocycles. The summed E-state index contributed by atoms with van der Waals surface area (Å²) in [5.74, 6) is 0.907. The van der Waals surface area contributed by atoms with Crippen molar-refractivity contribution >= 4 is 5.69 Å². The van der Waals surface area contributed by atoms with E-state index in [-0.39, 0.29) is 6.04 Å². The predicted octanol–water partition coefficient (Wildman–Crippen LogP) is 1.87. The predicted molar refractivity (Wildman–Crippen MR) is 64.5 cm³/mol. The van der Waals surface area contributed by atoms with Gasteiger partial charge in [-0.05, 0) is 25.5 Å². The Morgan fingerprint density at radius 1 is 1.40 bits per heavy atom. The molecule has 0 aliphatic carbocycles. The number of methoxy groups -OCH3 is 1. The summed E-state index contributed by atoms with van der Waals surface area (Å²) in [6.45, 7) is 2.97. The quantitative estimate of drug-likeness (QED) is 0.802. The average molecular weight is 208 g/mol. The SMILES string of the molecule is COc1ccccc1N(C)CCC(C)N. The van der Waals surface area contributed by atoms with Crippen LogP contribution in [0.25, 0.3) is 0 Å². The minimum atomic E-state index is 0.238. The Hall–Kier alpha value is -1.22. The number of nitrogens with zero attached hydrogens (tertiary/aromatic N) is 1. The lowest BCUT2D eigenvalue weighted by Crippen LogP contribution is -2.26. The summed E-state index contributed by atoms with van der Waals surface area (Å²) >= 11 is 0. The first kappa shape index (κ1) is 11.9. The van der Waals surface area contributed by atoms with Crippen LogP contribution in [0.3, 0.4) is 0 Å². The van der Waals surface area contributed by atoms with E-state index in [4.69, 9.17) is 10.5 Å². The second-order valence-electron chi connectivity index (χ2n) is 3.86. The topological polar surface area (TPSA) is 38.5 Å². The monoisotopic (exact) mass is 208 g/mol. The van der Waals surface area contributed by atoms with Gasteiger partial charge in [0.1, 0.15) is 5.75 Å². The summed E-state index contributed by atoms with van der Waals surface area (Å²) < 4.78 is 5.30. The van der Waals surface area contributed by atoms with Gasteiger partial charge >= 0.3 is 0 Å². The molecule has 1 aromatic rings. The van der Waals surface area contributed by atoms with Crippen LogP contribution in [0.5, 0.6) is 5.75 Å². The largest absolute Gasteiger partial charge is 0.495 e. The van der Waals surface area contributed by atoms with Gasteiger partial charge in [-0.15, -0.1) is 0 Å². The molecule has 1 unspecified atom stereocenters. The van der Waals surface area contributed by atoms with Crippen LogP contribution in [0.2, 0.25) is 0 Å². The highest BCUT2D eigenvalue weighted by atomic mass is 16.5. The fourth-order valence-electron chi connectivity index (χ4n) is 1.46. The van der Waals surface area contributed by atoms with Crippen molar-refractivity contribution in [2.75, 3.05) is 25.6 Å². The molecule has 3 heteroatoms. The van der Waals surface area contributed by atoms with Gasteiger partial charge in [-0.3, -0.25) is 0 Å². The van der Waals surface area contributed by atoms with E-state index in [9.17, 15) is 0 Å². The Morgan fingerprint density at radius 2 is 2.07 bits per heavy atom. The molecule has 0 amide bonds. The molecule has 15 heavy (non-hydrogen) atoms. The van der Waals surface area contributed by atoms with Gasteiger partial charge in [0.15, 0.2) is 0 Å². The van der Waals surface area contributed by atoms with E-state index < -0.39 is 0 Å². The molecule has 1 atom stereocenters. The van der Waals surface area contributed by atoms with E-state index in [2.05, 4.69) is 18.0 Å². The van der Waals surface area contributed by atoms with Gasteiger partial charge in [-0.2, -0.15) is 0 Å². The maximum Gasteiger partial charge on any atom is 0.142 e. The highest BCUT2D eigenvalue weighted by Gasteiger charge is 2.07. The first-order chi connectivity index (χ1) is 7.15. The van der Waals surface area contributed by atoms with Crippen molar-refractivity contribution in [3.8, 4) is 5.75 Å². The van der Waals surface area contributed by atoms with Crippen LogP contribution in [0.1, 0.15) is 13.3 Å². The second kappa shape index (κ2) is 5.61. The molecular formula is C12H20N2O. The molecular weight excluding hydrogens is 188 g/mol. The zero-order valence-electron chi connectivity index (χ0n) is 9.73. The molecule has 0 aliphatic heterocycles. The normalized spacial score (nSPS) is 12.3. The van der Waals surface area contributed by atoms with Crippen molar-refractivity contribution in [3.63, 3.8) is 0 Å². The van der Waals surface area contributed by atoms with Crippen LogP contribution < -0.4 is 15.4 Å². The summed E-state index contributed by atoms with van der Waals surface area (Å²) in [6, 6.07) is 8.25. The van der Waals surface area contributed by atoms with Gasteiger partial charge in [-0.1, -0.05) is 12.1 Å². The van der Waals surface area contributed by atoms with Crippen LogP contribution >= 0.6 is 0 Å². The summed E-state index contributed by atoms with van der Waals surface area (Å²) in [5.41, 5.74) is 6.84. The first-order valence-corrected chi connectivity index (χ1v) is 5.25. The molecule has 0 aromatic heterocycles. The third-order valence-electron chi connectivity index (χ3n) is 2.42. The average Bonchev–Trinajstić information content (AvgIpc) is 2.25. The molecule has 0 saturated heterocycles. The molecule has 0 fully saturated rings. The van der Waals surface area contributed by atoms with E-state index in [1.54, 1.807) is 7.11 Å². The minimum absolute atomic E-state index is 0.238. The number of ether oxygens (including phenoxy) is 1. The fourth-order valence-corrected chi connectivity index (χ4v) is 1.46. The molecule has 0 radical (unpaired) electrons. The summed E-state index contributed by atoms with van der Waals surface area (Å²) in [5, 5.41) is 0. The lowest BCUT2D eigenvalue weighted by molar-refractivity contribution is 0.414. The Morgan fingerprint density at radius 3 is 2.67 bits per heavy atom. The Bertz CT molecular complexity index is 299. The molecule has 2 N–H and O–H groups in total. The van der Waals surface area contributed by atoms with Gasteiger partial charge < -0.3 is 15.4 Å². The van der Waals surface area contributed by atoms with Crippen molar-refractivity contribution in [2.45, 2.75) is 19.4 Å². The molecule has 1 rings (SSSR count). The van der Waals surface area contributed by atoms with E-state index in [0.717, 1.165) is 24.4 Å². The van der Waals surface area contributed by atoms with Crippen molar-refractivity contribution < 1.29 is 4.74 Å². The van der Waals surface area contributed by atoms with E-state index in [1.807, 2.05) is 25.1 Å². The Labute approximate surface area is 91.8 Å². The van der Waals surface area contributed by atoms with Gasteiger partial charge in [0.2, 0.25) is 0 Å². The van der Waals surface area contributed by atoms with Crippen LogP contribution in [0.15, 0.2) is 24.3 Å². The summed E-state index contributed by atoms with van der Waals surface area (Å²) in [7, 11) is 3.75. The van der Waals surface area contributed by atoms with Gasteiger partial charge in [0, 0.05) is 19.6 Å². The first-order valence-electron chi connectivity index (χ1n) is 5.25. The molecule has 84 valence electrons. The fraction of sp³-hybridized carbons (Fsp3) is 0.500. The van der Waals surface area contributed by atoms with Crippen molar-refractivity contribution in [1.29, 1.82) is 0 Å². The number of rotatable bonds is 5. The summed E-state index contributed by atoms with van der Waals surface area (Å²) in [6.07, 6.45) is 0.981. The van der Waals surface area contributed by atoms with Crippen LogP contribution in [-0.4, -0.2) is 26.7 Å². The Balaban J connectivity index is 2.68. The Kier molecular flexibility index (Phi) is 4.43. The third-order valence-corrected chi connectivity index (χ3v) is 2.42. The zero-order chi connectivity index (χ0) is 11.3. The highest BCUT2D eigenvalue weighted by molar-refractivity contribution is 5.57. The van der Waals surface area contributed by atoms with Crippen molar-refractivity contribution in [2.24, 2.45) is 5.73 Å². The molecule has 0 bridgehead atoms. The number of benzene rings is 1. The number of nitrogens with two attached hydrogens (primary N) is 1.